The summed E-state index contributed by atoms with van der Waals surface area (Å²) in [6.07, 6.45) is 4.41. The van der Waals surface area contributed by atoms with Gasteiger partial charge < -0.3 is 10.2 Å². The summed E-state index contributed by atoms with van der Waals surface area (Å²) in [6, 6.07) is 4.16. The predicted molar refractivity (Wildman–Crippen MR) is 102 cm³/mol. The Hall–Kier alpha value is -2.61. The maximum absolute atomic E-state index is 11.3. The number of aromatic nitrogens is 3. The Morgan fingerprint density at radius 2 is 2.04 bits per heavy atom. The zero-order valence-electron chi connectivity index (χ0n) is 15.7. The Morgan fingerprint density at radius 1 is 1.26 bits per heavy atom. The Labute approximate surface area is 158 Å². The van der Waals surface area contributed by atoms with Crippen molar-refractivity contribution in [2.45, 2.75) is 39.2 Å². The summed E-state index contributed by atoms with van der Waals surface area (Å²) in [5.74, 6) is 2.05. The minimum atomic E-state index is -0.439. The lowest BCUT2D eigenvalue weighted by Crippen LogP contribution is -2.46. The van der Waals surface area contributed by atoms with Gasteiger partial charge in [-0.05, 0) is 57.3 Å². The summed E-state index contributed by atoms with van der Waals surface area (Å²) in [5, 5.41) is 14.4. The number of hydrogen-bond donors (Lipinski definition) is 1. The lowest BCUT2D eigenvalue weighted by molar-refractivity contribution is -0.385. The molecule has 27 heavy (non-hydrogen) atoms. The molecule has 1 unspecified atom stereocenters. The summed E-state index contributed by atoms with van der Waals surface area (Å²) in [4.78, 5) is 26.4. The molecular formula is C19H24N6O2. The van der Waals surface area contributed by atoms with Crippen LogP contribution in [0.15, 0.2) is 18.3 Å². The van der Waals surface area contributed by atoms with Gasteiger partial charge in [0.25, 0.3) is 0 Å². The van der Waals surface area contributed by atoms with Gasteiger partial charge in [0.05, 0.1) is 4.92 Å². The molecule has 2 aromatic rings. The second-order valence-corrected chi connectivity index (χ2v) is 7.50. The standard InChI is InChI=1S/C19H24N6O2/c1-12-18(25(26)27)19(23-13(2)22-12)21-10-14-3-4-17(20-9-14)16-11-24-7-5-15(16)6-8-24/h3-4,9,15-16H,5-8,10-11H2,1-2H3,(H,21,22,23). The number of fused-ring (bicyclic) bond motifs is 3. The van der Waals surface area contributed by atoms with Crippen LogP contribution in [0.4, 0.5) is 11.5 Å². The highest BCUT2D eigenvalue weighted by atomic mass is 16.6. The summed E-state index contributed by atoms with van der Waals surface area (Å²) in [6.45, 7) is 7.35. The number of pyridine rings is 1. The number of piperidine rings is 3. The number of hydrogen-bond acceptors (Lipinski definition) is 7. The maximum Gasteiger partial charge on any atom is 0.332 e. The first-order valence-corrected chi connectivity index (χ1v) is 9.42. The largest absolute Gasteiger partial charge is 0.360 e. The number of nitrogens with zero attached hydrogens (tertiary/aromatic N) is 5. The zero-order valence-corrected chi connectivity index (χ0v) is 15.7. The topological polar surface area (TPSA) is 97.1 Å². The van der Waals surface area contributed by atoms with Gasteiger partial charge in [-0.1, -0.05) is 6.07 Å². The van der Waals surface area contributed by atoms with Crippen LogP contribution < -0.4 is 5.32 Å². The van der Waals surface area contributed by atoms with Gasteiger partial charge in [-0.3, -0.25) is 15.1 Å². The molecule has 142 valence electrons. The van der Waals surface area contributed by atoms with Crippen molar-refractivity contribution in [3.8, 4) is 0 Å². The fraction of sp³-hybridized carbons (Fsp3) is 0.526. The number of rotatable bonds is 5. The fourth-order valence-electron chi connectivity index (χ4n) is 4.29. The summed E-state index contributed by atoms with van der Waals surface area (Å²) in [7, 11) is 0. The van der Waals surface area contributed by atoms with E-state index in [-0.39, 0.29) is 11.5 Å². The van der Waals surface area contributed by atoms with E-state index in [1.807, 2.05) is 6.20 Å². The van der Waals surface area contributed by atoms with Gasteiger partial charge in [-0.15, -0.1) is 0 Å². The molecule has 2 aromatic heterocycles. The van der Waals surface area contributed by atoms with Gasteiger partial charge in [0.15, 0.2) is 0 Å². The van der Waals surface area contributed by atoms with Crippen molar-refractivity contribution in [3.05, 3.63) is 51.2 Å². The van der Waals surface area contributed by atoms with Crippen molar-refractivity contribution in [3.63, 3.8) is 0 Å². The van der Waals surface area contributed by atoms with Gasteiger partial charge in [0, 0.05) is 30.9 Å². The van der Waals surface area contributed by atoms with Gasteiger partial charge in [-0.25, -0.2) is 9.97 Å². The molecule has 0 radical (unpaired) electrons. The predicted octanol–water partition coefficient (Wildman–Crippen LogP) is 2.82. The van der Waals surface area contributed by atoms with E-state index in [2.05, 4.69) is 32.3 Å². The minimum absolute atomic E-state index is 0.0718. The number of aryl methyl sites for hydroxylation is 2. The molecule has 3 aliphatic heterocycles. The molecule has 3 saturated heterocycles. The van der Waals surface area contributed by atoms with Crippen LogP contribution in [0.5, 0.6) is 0 Å². The highest BCUT2D eigenvalue weighted by molar-refractivity contribution is 5.58. The van der Waals surface area contributed by atoms with E-state index in [0.717, 1.165) is 23.7 Å². The maximum atomic E-state index is 11.3. The SMILES string of the molecule is Cc1nc(C)c([N+](=O)[O-])c(NCc2ccc(C3CN4CCC3CC4)nc2)n1. The molecule has 0 spiro atoms. The van der Waals surface area contributed by atoms with Crippen LogP contribution in [0.25, 0.3) is 0 Å². The molecule has 0 aromatic carbocycles. The van der Waals surface area contributed by atoms with Crippen molar-refractivity contribution < 1.29 is 4.92 Å². The van der Waals surface area contributed by atoms with E-state index in [4.69, 9.17) is 4.98 Å². The third-order valence-electron chi connectivity index (χ3n) is 5.70. The van der Waals surface area contributed by atoms with Crippen molar-refractivity contribution in [2.24, 2.45) is 5.92 Å². The van der Waals surface area contributed by atoms with Crippen LogP contribution in [-0.4, -0.2) is 44.4 Å². The highest BCUT2D eigenvalue weighted by Gasteiger charge is 2.35. The Balaban J connectivity index is 1.46. The molecule has 0 aliphatic carbocycles. The molecule has 3 aliphatic rings. The Morgan fingerprint density at radius 3 is 2.63 bits per heavy atom. The van der Waals surface area contributed by atoms with Gasteiger partial charge in [-0.2, -0.15) is 0 Å². The average molecular weight is 368 g/mol. The quantitative estimate of drug-likeness (QED) is 0.640. The molecule has 5 rings (SSSR count). The molecule has 3 fully saturated rings. The summed E-state index contributed by atoms with van der Waals surface area (Å²) < 4.78 is 0. The van der Waals surface area contributed by atoms with Gasteiger partial charge in [0.2, 0.25) is 5.82 Å². The van der Waals surface area contributed by atoms with Crippen LogP contribution in [-0.2, 0) is 6.54 Å². The van der Waals surface area contributed by atoms with E-state index >= 15 is 0 Å². The van der Waals surface area contributed by atoms with E-state index in [1.54, 1.807) is 13.8 Å². The molecule has 8 heteroatoms. The molecular weight excluding hydrogens is 344 g/mol. The van der Waals surface area contributed by atoms with E-state index in [9.17, 15) is 10.1 Å². The molecule has 1 N–H and O–H groups in total. The summed E-state index contributed by atoms with van der Waals surface area (Å²) >= 11 is 0. The van der Waals surface area contributed by atoms with E-state index in [1.165, 1.54) is 25.9 Å². The van der Waals surface area contributed by atoms with E-state index < -0.39 is 4.92 Å². The number of anilines is 1. The first kappa shape index (κ1) is 17.8. The van der Waals surface area contributed by atoms with Crippen LogP contribution in [0.3, 0.4) is 0 Å². The fourth-order valence-corrected chi connectivity index (χ4v) is 4.29. The minimum Gasteiger partial charge on any atom is -0.360 e. The summed E-state index contributed by atoms with van der Waals surface area (Å²) in [5.41, 5.74) is 2.43. The second-order valence-electron chi connectivity index (χ2n) is 7.50. The lowest BCUT2D eigenvalue weighted by Gasteiger charge is -2.44. The normalized spacial score (nSPS) is 24.0. The van der Waals surface area contributed by atoms with Crippen molar-refractivity contribution in [1.29, 1.82) is 0 Å². The molecule has 1 atom stereocenters. The molecule has 0 amide bonds. The third kappa shape index (κ3) is 3.62. The molecule has 0 saturated carbocycles. The highest BCUT2D eigenvalue weighted by Crippen LogP contribution is 2.38. The van der Waals surface area contributed by atoms with Gasteiger partial charge >= 0.3 is 5.69 Å². The molecule has 2 bridgehead atoms. The second kappa shape index (κ2) is 7.19. The zero-order chi connectivity index (χ0) is 19.0. The van der Waals surface area contributed by atoms with Crippen LogP contribution in [0, 0.1) is 29.9 Å². The molecule has 5 heterocycles. The first-order chi connectivity index (χ1) is 13.0. The number of nitro groups is 1. The molecule has 8 nitrogen and oxygen atoms in total. The number of nitrogens with one attached hydrogen (secondary N) is 1. The smallest absolute Gasteiger partial charge is 0.332 e. The first-order valence-electron chi connectivity index (χ1n) is 9.42. The average Bonchev–Trinajstić information content (AvgIpc) is 2.67. The third-order valence-corrected chi connectivity index (χ3v) is 5.70. The van der Waals surface area contributed by atoms with Crippen LogP contribution in [0.2, 0.25) is 0 Å². The monoisotopic (exact) mass is 368 g/mol. The van der Waals surface area contributed by atoms with Gasteiger partial charge in [0.1, 0.15) is 11.5 Å². The van der Waals surface area contributed by atoms with Crippen LogP contribution >= 0.6 is 0 Å². The Kier molecular flexibility index (Phi) is 4.73. The van der Waals surface area contributed by atoms with Crippen molar-refractivity contribution in [1.82, 2.24) is 19.9 Å². The van der Waals surface area contributed by atoms with E-state index in [0.29, 0.717) is 24.0 Å². The van der Waals surface area contributed by atoms with Crippen molar-refractivity contribution in [2.75, 3.05) is 25.0 Å². The lowest BCUT2D eigenvalue weighted by atomic mass is 9.77. The van der Waals surface area contributed by atoms with Crippen LogP contribution in [0.1, 0.15) is 41.5 Å². The Bertz CT molecular complexity index is 846. The van der Waals surface area contributed by atoms with Crippen molar-refractivity contribution >= 4 is 11.5 Å².